The van der Waals surface area contributed by atoms with Crippen LogP contribution in [-0.2, 0) is 4.79 Å². The number of carboxylic acids is 1. The second kappa shape index (κ2) is 6.24. The molecule has 2 aromatic rings. The summed E-state index contributed by atoms with van der Waals surface area (Å²) in [6.07, 6.45) is 1.28. The molecule has 6 heteroatoms. The van der Waals surface area contributed by atoms with Crippen LogP contribution in [0.1, 0.15) is 29.1 Å². The highest BCUT2D eigenvalue weighted by atomic mass is 16.4. The highest BCUT2D eigenvalue weighted by Crippen LogP contribution is 2.24. The Labute approximate surface area is 133 Å². The Morgan fingerprint density at radius 2 is 2.04 bits per heavy atom. The summed E-state index contributed by atoms with van der Waals surface area (Å²) in [7, 11) is 0. The first-order chi connectivity index (χ1) is 11.1. The maximum Gasteiger partial charge on any atom is 0.308 e. The number of aliphatic carboxylic acids is 1. The number of benzene rings is 1. The van der Waals surface area contributed by atoms with Crippen molar-refractivity contribution >= 4 is 11.9 Å². The number of nitrogens with zero attached hydrogens (tertiary/aromatic N) is 2. The number of carbonyl (C=O) groups excluding carboxylic acids is 1. The van der Waals surface area contributed by atoms with Gasteiger partial charge in [-0.2, -0.15) is 0 Å². The summed E-state index contributed by atoms with van der Waals surface area (Å²) in [5, 5.41) is 9.14. The van der Waals surface area contributed by atoms with Gasteiger partial charge in [-0.05, 0) is 31.9 Å². The van der Waals surface area contributed by atoms with E-state index in [-0.39, 0.29) is 18.2 Å². The van der Waals surface area contributed by atoms with Gasteiger partial charge in [0.15, 0.2) is 0 Å². The fourth-order valence-electron chi connectivity index (χ4n) is 2.81. The van der Waals surface area contributed by atoms with E-state index in [9.17, 15) is 9.59 Å². The first-order valence-corrected chi connectivity index (χ1v) is 7.61. The largest absolute Gasteiger partial charge is 0.481 e. The Balaban J connectivity index is 1.83. The van der Waals surface area contributed by atoms with Gasteiger partial charge in [0.2, 0.25) is 11.7 Å². The van der Waals surface area contributed by atoms with Crippen LogP contribution in [-0.4, -0.2) is 40.0 Å². The van der Waals surface area contributed by atoms with Gasteiger partial charge in [0.25, 0.3) is 5.91 Å². The van der Waals surface area contributed by atoms with Gasteiger partial charge in [0.1, 0.15) is 0 Å². The van der Waals surface area contributed by atoms with Gasteiger partial charge in [-0.25, -0.2) is 4.98 Å². The second-order valence-electron chi connectivity index (χ2n) is 5.73. The van der Waals surface area contributed by atoms with Crippen molar-refractivity contribution in [2.45, 2.75) is 19.8 Å². The molecule has 1 saturated heterocycles. The highest BCUT2D eigenvalue weighted by Gasteiger charge is 2.31. The molecular weight excluding hydrogens is 296 g/mol. The Morgan fingerprint density at radius 1 is 1.30 bits per heavy atom. The minimum absolute atomic E-state index is 0.190. The zero-order valence-corrected chi connectivity index (χ0v) is 12.9. The molecule has 1 N–H and O–H groups in total. The summed E-state index contributed by atoms with van der Waals surface area (Å²) in [6, 6.07) is 9.36. The molecule has 3 rings (SSSR count). The van der Waals surface area contributed by atoms with E-state index in [0.717, 1.165) is 5.56 Å². The Morgan fingerprint density at radius 3 is 2.74 bits per heavy atom. The van der Waals surface area contributed by atoms with E-state index in [0.29, 0.717) is 31.0 Å². The standard InChI is InChI=1S/C17H18N2O4/c1-11-14(23-15(18-11)12-6-3-2-4-7-12)16(20)19-9-5-8-13(10-19)17(21)22/h2-4,6-7,13H,5,8-10H2,1H3,(H,21,22). The van der Waals surface area contributed by atoms with E-state index in [2.05, 4.69) is 4.98 Å². The van der Waals surface area contributed by atoms with Crippen LogP contribution in [0.4, 0.5) is 0 Å². The van der Waals surface area contributed by atoms with Crippen molar-refractivity contribution in [2.24, 2.45) is 5.92 Å². The lowest BCUT2D eigenvalue weighted by atomic mass is 9.98. The van der Waals surface area contributed by atoms with Crippen LogP contribution in [0.15, 0.2) is 34.7 Å². The third-order valence-corrected chi connectivity index (χ3v) is 4.07. The number of carboxylic acid groups (broad SMARTS) is 1. The van der Waals surface area contributed by atoms with Gasteiger partial charge in [-0.3, -0.25) is 9.59 Å². The molecular formula is C17H18N2O4. The molecule has 120 valence electrons. The fourth-order valence-corrected chi connectivity index (χ4v) is 2.81. The number of rotatable bonds is 3. The van der Waals surface area contributed by atoms with Gasteiger partial charge in [-0.15, -0.1) is 0 Å². The smallest absolute Gasteiger partial charge is 0.308 e. The quantitative estimate of drug-likeness (QED) is 0.941. The first kappa shape index (κ1) is 15.3. The molecule has 1 atom stereocenters. The lowest BCUT2D eigenvalue weighted by Crippen LogP contribution is -2.42. The van der Waals surface area contributed by atoms with E-state index in [1.54, 1.807) is 11.8 Å². The lowest BCUT2D eigenvalue weighted by Gasteiger charge is -2.30. The molecule has 1 aromatic heterocycles. The number of likely N-dealkylation sites (tertiary alicyclic amines) is 1. The molecule has 23 heavy (non-hydrogen) atoms. The van der Waals surface area contributed by atoms with E-state index >= 15 is 0 Å². The lowest BCUT2D eigenvalue weighted by molar-refractivity contribution is -0.143. The van der Waals surface area contributed by atoms with Crippen LogP contribution in [0.3, 0.4) is 0 Å². The summed E-state index contributed by atoms with van der Waals surface area (Å²) < 4.78 is 5.66. The summed E-state index contributed by atoms with van der Waals surface area (Å²) >= 11 is 0. The Hall–Kier alpha value is -2.63. The minimum Gasteiger partial charge on any atom is -0.481 e. The third kappa shape index (κ3) is 3.11. The molecule has 1 amide bonds. The summed E-state index contributed by atoms with van der Waals surface area (Å²) in [4.78, 5) is 29.6. The molecule has 0 aliphatic carbocycles. The van der Waals surface area contributed by atoms with Crippen LogP contribution >= 0.6 is 0 Å². The molecule has 1 fully saturated rings. The topological polar surface area (TPSA) is 83.6 Å². The van der Waals surface area contributed by atoms with Crippen LogP contribution in [0.25, 0.3) is 11.5 Å². The van der Waals surface area contributed by atoms with Crippen LogP contribution in [0, 0.1) is 12.8 Å². The van der Waals surface area contributed by atoms with E-state index in [4.69, 9.17) is 9.52 Å². The normalized spacial score (nSPS) is 18.0. The summed E-state index contributed by atoms with van der Waals surface area (Å²) in [5.41, 5.74) is 1.32. The zero-order valence-electron chi connectivity index (χ0n) is 12.9. The molecule has 0 radical (unpaired) electrons. The number of aryl methyl sites for hydroxylation is 1. The van der Waals surface area contributed by atoms with Crippen molar-refractivity contribution in [1.29, 1.82) is 0 Å². The fraction of sp³-hybridized carbons (Fsp3) is 0.353. The average molecular weight is 314 g/mol. The van der Waals surface area contributed by atoms with E-state index in [1.165, 1.54) is 0 Å². The molecule has 0 bridgehead atoms. The predicted molar refractivity (Wildman–Crippen MR) is 82.9 cm³/mol. The van der Waals surface area contributed by atoms with Crippen molar-refractivity contribution in [3.05, 3.63) is 41.8 Å². The third-order valence-electron chi connectivity index (χ3n) is 4.07. The van der Waals surface area contributed by atoms with Gasteiger partial charge in [-0.1, -0.05) is 18.2 Å². The first-order valence-electron chi connectivity index (χ1n) is 7.61. The number of oxazole rings is 1. The van der Waals surface area contributed by atoms with Crippen molar-refractivity contribution in [3.8, 4) is 11.5 Å². The minimum atomic E-state index is -0.859. The second-order valence-corrected chi connectivity index (χ2v) is 5.73. The van der Waals surface area contributed by atoms with Gasteiger partial charge in [0.05, 0.1) is 11.6 Å². The maximum absolute atomic E-state index is 12.6. The molecule has 1 aliphatic rings. The molecule has 1 aromatic carbocycles. The average Bonchev–Trinajstić information content (AvgIpc) is 2.97. The maximum atomic E-state index is 12.6. The van der Waals surface area contributed by atoms with Crippen LogP contribution in [0.2, 0.25) is 0 Å². The van der Waals surface area contributed by atoms with Crippen LogP contribution < -0.4 is 0 Å². The Kier molecular flexibility index (Phi) is 4.14. The highest BCUT2D eigenvalue weighted by molar-refractivity contribution is 5.93. The number of amides is 1. The van der Waals surface area contributed by atoms with Crippen molar-refractivity contribution < 1.29 is 19.1 Å². The molecule has 1 aliphatic heterocycles. The number of hydrogen-bond donors (Lipinski definition) is 1. The molecule has 1 unspecified atom stereocenters. The van der Waals surface area contributed by atoms with Crippen molar-refractivity contribution in [2.75, 3.05) is 13.1 Å². The zero-order chi connectivity index (χ0) is 16.4. The number of hydrogen-bond acceptors (Lipinski definition) is 4. The number of piperidine rings is 1. The number of aromatic nitrogens is 1. The SMILES string of the molecule is Cc1nc(-c2ccccc2)oc1C(=O)N1CCCC(C(=O)O)C1. The van der Waals surface area contributed by atoms with Crippen molar-refractivity contribution in [1.82, 2.24) is 9.88 Å². The summed E-state index contributed by atoms with van der Waals surface area (Å²) in [5.74, 6) is -1.07. The predicted octanol–water partition coefficient (Wildman–Crippen LogP) is 2.59. The van der Waals surface area contributed by atoms with Gasteiger partial charge < -0.3 is 14.4 Å². The van der Waals surface area contributed by atoms with Crippen molar-refractivity contribution in [3.63, 3.8) is 0 Å². The summed E-state index contributed by atoms with van der Waals surface area (Å²) in [6.45, 7) is 2.49. The van der Waals surface area contributed by atoms with Gasteiger partial charge >= 0.3 is 5.97 Å². The molecule has 0 spiro atoms. The molecule has 6 nitrogen and oxygen atoms in total. The number of carbonyl (C=O) groups is 2. The van der Waals surface area contributed by atoms with E-state index < -0.39 is 11.9 Å². The Bertz CT molecular complexity index is 723. The molecule has 2 heterocycles. The van der Waals surface area contributed by atoms with Gasteiger partial charge in [0, 0.05) is 18.7 Å². The molecule has 0 saturated carbocycles. The monoisotopic (exact) mass is 314 g/mol. The van der Waals surface area contributed by atoms with E-state index in [1.807, 2.05) is 30.3 Å². The van der Waals surface area contributed by atoms with Crippen LogP contribution in [0.5, 0.6) is 0 Å².